The number of aryl methyl sites for hydroxylation is 1. The van der Waals surface area contributed by atoms with Gasteiger partial charge in [-0.1, -0.05) is 12.1 Å². The number of rotatable bonds is 2. The van der Waals surface area contributed by atoms with Gasteiger partial charge in [-0.15, -0.1) is 0 Å². The summed E-state index contributed by atoms with van der Waals surface area (Å²) >= 11 is 0. The third-order valence-corrected chi connectivity index (χ3v) is 2.77. The summed E-state index contributed by atoms with van der Waals surface area (Å²) in [5.41, 5.74) is 0.931. The van der Waals surface area contributed by atoms with Gasteiger partial charge in [-0.3, -0.25) is 10.1 Å². The third-order valence-electron chi connectivity index (χ3n) is 2.77. The molecule has 0 spiro atoms. The van der Waals surface area contributed by atoms with E-state index in [9.17, 15) is 15.2 Å². The highest BCUT2D eigenvalue weighted by atomic mass is 16.6. The van der Waals surface area contributed by atoms with E-state index in [0.717, 1.165) is 13.0 Å². The maximum Gasteiger partial charge on any atom is 0.313 e. The topological polar surface area (TPSA) is 75.4 Å². The van der Waals surface area contributed by atoms with Gasteiger partial charge in [-0.05, 0) is 19.9 Å². The minimum Gasteiger partial charge on any atom is -0.502 e. The minimum atomic E-state index is -0.535. The van der Waals surface area contributed by atoms with Crippen LogP contribution in [0.2, 0.25) is 0 Å². The predicted octanol–water partition coefficient (Wildman–Crippen LogP) is 1.64. The number of aromatic hydroxyl groups is 1. The Bertz CT molecular complexity index is 413. The van der Waals surface area contributed by atoms with Crippen molar-refractivity contribution in [3.05, 3.63) is 33.4 Å². The van der Waals surface area contributed by atoms with Crippen LogP contribution in [0.3, 0.4) is 0 Å². The Morgan fingerprint density at radius 3 is 2.73 bits per heavy atom. The van der Waals surface area contributed by atoms with Crippen molar-refractivity contribution in [1.29, 1.82) is 0 Å². The molecule has 2 rings (SSSR count). The Balaban J connectivity index is 2.49. The second-order valence-electron chi connectivity index (χ2n) is 3.72. The van der Waals surface area contributed by atoms with E-state index in [4.69, 9.17) is 0 Å². The Morgan fingerprint density at radius 1 is 1.60 bits per heavy atom. The van der Waals surface area contributed by atoms with Crippen LogP contribution in [0, 0.1) is 17.0 Å². The Morgan fingerprint density at radius 2 is 2.27 bits per heavy atom. The quantitative estimate of drug-likeness (QED) is 0.572. The van der Waals surface area contributed by atoms with E-state index in [2.05, 4.69) is 5.32 Å². The van der Waals surface area contributed by atoms with Crippen molar-refractivity contribution in [2.75, 3.05) is 6.54 Å². The second kappa shape index (κ2) is 3.51. The summed E-state index contributed by atoms with van der Waals surface area (Å²) in [5.74, 6) is -0.197. The number of phenols is 1. The molecule has 1 aliphatic heterocycles. The van der Waals surface area contributed by atoms with Gasteiger partial charge < -0.3 is 10.4 Å². The molecule has 15 heavy (non-hydrogen) atoms. The average molecular weight is 208 g/mol. The van der Waals surface area contributed by atoms with Gasteiger partial charge in [0, 0.05) is 17.2 Å². The first-order valence-electron chi connectivity index (χ1n) is 4.81. The molecule has 5 heteroatoms. The van der Waals surface area contributed by atoms with Crippen LogP contribution in [0.4, 0.5) is 5.69 Å². The van der Waals surface area contributed by atoms with Crippen molar-refractivity contribution in [3.63, 3.8) is 0 Å². The van der Waals surface area contributed by atoms with Crippen molar-refractivity contribution in [2.24, 2.45) is 0 Å². The van der Waals surface area contributed by atoms with Gasteiger partial charge in [0.2, 0.25) is 0 Å². The molecular formula is C10H12N2O3. The molecule has 0 aromatic heterocycles. The number of nitrogens with zero attached hydrogens (tertiary/aromatic N) is 1. The zero-order valence-electron chi connectivity index (χ0n) is 8.36. The van der Waals surface area contributed by atoms with E-state index in [0.29, 0.717) is 11.1 Å². The lowest BCUT2D eigenvalue weighted by atomic mass is 9.95. The van der Waals surface area contributed by atoms with E-state index < -0.39 is 4.92 Å². The first-order chi connectivity index (χ1) is 7.11. The van der Waals surface area contributed by atoms with E-state index in [1.165, 1.54) is 0 Å². The lowest BCUT2D eigenvalue weighted by Crippen LogP contribution is -2.35. The van der Waals surface area contributed by atoms with Gasteiger partial charge in [-0.25, -0.2) is 0 Å². The Hall–Kier alpha value is -1.62. The zero-order chi connectivity index (χ0) is 11.0. The van der Waals surface area contributed by atoms with E-state index in [1.54, 1.807) is 19.1 Å². The lowest BCUT2D eigenvalue weighted by molar-refractivity contribution is -0.386. The van der Waals surface area contributed by atoms with Crippen molar-refractivity contribution in [2.45, 2.75) is 19.4 Å². The van der Waals surface area contributed by atoms with E-state index in [1.807, 2.05) is 0 Å². The fourth-order valence-corrected chi connectivity index (χ4v) is 1.76. The van der Waals surface area contributed by atoms with Gasteiger partial charge in [0.25, 0.3) is 0 Å². The molecule has 1 heterocycles. The monoisotopic (exact) mass is 208 g/mol. The predicted molar refractivity (Wildman–Crippen MR) is 54.9 cm³/mol. The number of hydrogen-bond acceptors (Lipinski definition) is 4. The molecule has 1 aromatic carbocycles. The Labute approximate surface area is 86.9 Å². The fourth-order valence-electron chi connectivity index (χ4n) is 1.76. The van der Waals surface area contributed by atoms with Gasteiger partial charge in [-0.2, -0.15) is 0 Å². The standard InChI is InChI=1S/C10H12N2O3/c1-6-2-3-7(8-4-5-11-8)10(13)9(6)12(14)15/h2-3,8,11,13H,4-5H2,1H3/t8-/m0/s1. The first-order valence-corrected chi connectivity index (χ1v) is 4.81. The summed E-state index contributed by atoms with van der Waals surface area (Å²) in [7, 11) is 0. The molecule has 80 valence electrons. The third kappa shape index (κ3) is 1.55. The van der Waals surface area contributed by atoms with Crippen LogP contribution >= 0.6 is 0 Å². The fraction of sp³-hybridized carbons (Fsp3) is 0.400. The number of nitro benzene ring substituents is 1. The summed E-state index contributed by atoms with van der Waals surface area (Å²) in [5, 5.41) is 23.6. The number of hydrogen-bond donors (Lipinski definition) is 2. The molecule has 0 saturated carbocycles. The number of nitro groups is 1. The molecule has 0 radical (unpaired) electrons. The number of benzene rings is 1. The molecule has 0 aliphatic carbocycles. The lowest BCUT2D eigenvalue weighted by Gasteiger charge is -2.28. The largest absolute Gasteiger partial charge is 0.502 e. The van der Waals surface area contributed by atoms with Crippen molar-refractivity contribution >= 4 is 5.69 Å². The van der Waals surface area contributed by atoms with Crippen molar-refractivity contribution in [3.8, 4) is 5.75 Å². The van der Waals surface area contributed by atoms with Gasteiger partial charge in [0.1, 0.15) is 0 Å². The average Bonchev–Trinajstić information content (AvgIpc) is 2.06. The van der Waals surface area contributed by atoms with Crippen molar-refractivity contribution in [1.82, 2.24) is 5.32 Å². The molecule has 1 fully saturated rings. The van der Waals surface area contributed by atoms with Crippen LogP contribution in [0.1, 0.15) is 23.6 Å². The van der Waals surface area contributed by atoms with Gasteiger partial charge in [0.15, 0.2) is 5.75 Å². The molecular weight excluding hydrogens is 196 g/mol. The van der Waals surface area contributed by atoms with E-state index in [-0.39, 0.29) is 17.5 Å². The normalized spacial score (nSPS) is 19.7. The zero-order valence-corrected chi connectivity index (χ0v) is 8.36. The summed E-state index contributed by atoms with van der Waals surface area (Å²) in [6.07, 6.45) is 0.910. The molecule has 2 N–H and O–H groups in total. The second-order valence-corrected chi connectivity index (χ2v) is 3.72. The number of phenolic OH excluding ortho intramolecular Hbond substituents is 1. The summed E-state index contributed by atoms with van der Waals surface area (Å²) in [6, 6.07) is 3.48. The molecule has 0 unspecified atom stereocenters. The highest BCUT2D eigenvalue weighted by Gasteiger charge is 2.27. The first kappa shape index (κ1) is 9.92. The number of nitrogens with one attached hydrogen (secondary N) is 1. The smallest absolute Gasteiger partial charge is 0.313 e. The summed E-state index contributed by atoms with van der Waals surface area (Å²) in [4.78, 5) is 10.2. The van der Waals surface area contributed by atoms with Gasteiger partial charge >= 0.3 is 5.69 Å². The van der Waals surface area contributed by atoms with Crippen LogP contribution in [0.5, 0.6) is 5.75 Å². The maximum absolute atomic E-state index is 10.7. The van der Waals surface area contributed by atoms with Crippen LogP contribution in [0.25, 0.3) is 0 Å². The van der Waals surface area contributed by atoms with E-state index >= 15 is 0 Å². The SMILES string of the molecule is Cc1ccc([C@@H]2CCN2)c(O)c1[N+](=O)[O-]. The summed E-state index contributed by atoms with van der Waals surface area (Å²) < 4.78 is 0. The van der Waals surface area contributed by atoms with Crippen LogP contribution in [-0.2, 0) is 0 Å². The maximum atomic E-state index is 10.7. The molecule has 1 aromatic rings. The Kier molecular flexibility index (Phi) is 2.32. The summed E-state index contributed by atoms with van der Waals surface area (Å²) in [6.45, 7) is 2.52. The highest BCUT2D eigenvalue weighted by molar-refractivity contribution is 5.57. The van der Waals surface area contributed by atoms with Crippen LogP contribution in [-0.4, -0.2) is 16.6 Å². The molecule has 5 nitrogen and oxygen atoms in total. The molecule has 1 aliphatic rings. The molecule has 0 bridgehead atoms. The van der Waals surface area contributed by atoms with Crippen molar-refractivity contribution < 1.29 is 10.0 Å². The minimum absolute atomic E-state index is 0.0595. The van der Waals surface area contributed by atoms with Crippen LogP contribution in [0.15, 0.2) is 12.1 Å². The molecule has 1 atom stereocenters. The van der Waals surface area contributed by atoms with Crippen LogP contribution < -0.4 is 5.32 Å². The highest BCUT2D eigenvalue weighted by Crippen LogP contribution is 2.38. The van der Waals surface area contributed by atoms with Gasteiger partial charge in [0.05, 0.1) is 4.92 Å². The molecule has 1 saturated heterocycles. The molecule has 0 amide bonds.